The first-order chi connectivity index (χ1) is 11.0. The van der Waals surface area contributed by atoms with Crippen molar-refractivity contribution in [2.75, 3.05) is 14.2 Å². The van der Waals surface area contributed by atoms with E-state index >= 15 is 0 Å². The Bertz CT molecular complexity index is 555. The molecule has 2 N–H and O–H groups in total. The zero-order chi connectivity index (χ0) is 17.0. The Morgan fingerprint density at radius 2 is 2.04 bits per heavy atom. The van der Waals surface area contributed by atoms with Crippen LogP contribution in [0.25, 0.3) is 0 Å². The minimum atomic E-state index is 0. The van der Waals surface area contributed by atoms with Gasteiger partial charge in [-0.15, -0.1) is 34.2 Å². The third-order valence-corrected chi connectivity index (χ3v) is 5.52. The molecule has 2 rings (SSSR count). The maximum absolute atomic E-state index is 5.66. The molecule has 0 bridgehead atoms. The van der Waals surface area contributed by atoms with Gasteiger partial charge in [-0.05, 0) is 26.2 Å². The van der Waals surface area contributed by atoms with Crippen LogP contribution in [0.2, 0.25) is 0 Å². The van der Waals surface area contributed by atoms with Crippen LogP contribution < -0.4 is 10.6 Å². The van der Waals surface area contributed by atoms with Crippen molar-refractivity contribution in [1.29, 1.82) is 0 Å². The number of halogens is 1. The van der Waals surface area contributed by atoms with Gasteiger partial charge in [0.1, 0.15) is 5.82 Å². The number of nitrogens with one attached hydrogen (secondary N) is 2. The van der Waals surface area contributed by atoms with Gasteiger partial charge >= 0.3 is 0 Å². The standard InChI is InChI=1S/C16H30N6O.HI/c1-7-16(8-2)12(9-13(16)23-6)19-15(17-4)18-10-14-21-20-11(3)22(14)5;/h12-13H,7-10H2,1-6H3,(H2,17,18,19);1H. The number of nitrogens with zero attached hydrogens (tertiary/aromatic N) is 4. The molecule has 0 saturated heterocycles. The number of rotatable bonds is 6. The quantitative estimate of drug-likeness (QED) is 0.394. The second kappa shape index (κ2) is 8.98. The molecule has 1 heterocycles. The minimum Gasteiger partial charge on any atom is -0.381 e. The molecule has 24 heavy (non-hydrogen) atoms. The van der Waals surface area contributed by atoms with Gasteiger partial charge in [0, 0.05) is 32.7 Å². The summed E-state index contributed by atoms with van der Waals surface area (Å²) in [5, 5.41) is 15.1. The van der Waals surface area contributed by atoms with Gasteiger partial charge in [0.15, 0.2) is 11.8 Å². The molecule has 7 nitrogen and oxygen atoms in total. The van der Waals surface area contributed by atoms with Gasteiger partial charge < -0.3 is 19.9 Å². The molecule has 1 fully saturated rings. The van der Waals surface area contributed by atoms with Crippen molar-refractivity contribution in [2.45, 2.75) is 58.7 Å². The molecule has 1 aliphatic carbocycles. The maximum atomic E-state index is 5.66. The summed E-state index contributed by atoms with van der Waals surface area (Å²) in [7, 11) is 5.57. The Kier molecular flexibility index (Phi) is 7.91. The highest BCUT2D eigenvalue weighted by Gasteiger charge is 2.53. The van der Waals surface area contributed by atoms with Crippen LogP contribution in [-0.2, 0) is 18.3 Å². The van der Waals surface area contributed by atoms with Crippen LogP contribution in [0.3, 0.4) is 0 Å². The second-order valence-electron chi connectivity index (χ2n) is 6.25. The molecular weight excluding hydrogens is 419 g/mol. The number of guanidine groups is 1. The fourth-order valence-corrected chi connectivity index (χ4v) is 3.61. The van der Waals surface area contributed by atoms with E-state index in [-0.39, 0.29) is 29.4 Å². The SMILES string of the molecule is CCC1(CC)C(NC(=NC)NCc2nnc(C)n2C)CC1OC.I. The van der Waals surface area contributed by atoms with Crippen LogP contribution >= 0.6 is 24.0 Å². The van der Waals surface area contributed by atoms with Gasteiger partial charge in [-0.3, -0.25) is 4.99 Å². The van der Waals surface area contributed by atoms with Gasteiger partial charge in [-0.25, -0.2) is 0 Å². The highest BCUT2D eigenvalue weighted by molar-refractivity contribution is 14.0. The summed E-state index contributed by atoms with van der Waals surface area (Å²) in [4.78, 5) is 4.34. The van der Waals surface area contributed by atoms with Crippen LogP contribution in [-0.4, -0.2) is 47.0 Å². The van der Waals surface area contributed by atoms with E-state index in [1.54, 1.807) is 7.05 Å². The van der Waals surface area contributed by atoms with E-state index in [4.69, 9.17) is 4.74 Å². The number of ether oxygens (including phenoxy) is 1. The molecule has 2 unspecified atom stereocenters. The van der Waals surface area contributed by atoms with Gasteiger partial charge in [-0.2, -0.15) is 0 Å². The summed E-state index contributed by atoms with van der Waals surface area (Å²) < 4.78 is 7.63. The van der Waals surface area contributed by atoms with Crippen molar-refractivity contribution in [3.05, 3.63) is 11.6 Å². The summed E-state index contributed by atoms with van der Waals surface area (Å²) in [5.74, 6) is 2.60. The lowest BCUT2D eigenvalue weighted by Crippen LogP contribution is -2.65. The lowest BCUT2D eigenvalue weighted by molar-refractivity contribution is -0.118. The fraction of sp³-hybridized carbons (Fsp3) is 0.812. The van der Waals surface area contributed by atoms with Crippen molar-refractivity contribution >= 4 is 29.9 Å². The summed E-state index contributed by atoms with van der Waals surface area (Å²) >= 11 is 0. The van der Waals surface area contributed by atoms with Gasteiger partial charge in [0.25, 0.3) is 0 Å². The molecule has 1 aliphatic rings. The molecule has 1 aromatic rings. The van der Waals surface area contributed by atoms with E-state index in [9.17, 15) is 0 Å². The second-order valence-corrected chi connectivity index (χ2v) is 6.25. The Morgan fingerprint density at radius 1 is 1.38 bits per heavy atom. The van der Waals surface area contributed by atoms with E-state index in [1.165, 1.54) is 0 Å². The van der Waals surface area contributed by atoms with Crippen LogP contribution in [0.15, 0.2) is 4.99 Å². The molecule has 0 aliphatic heterocycles. The lowest BCUT2D eigenvalue weighted by atomic mass is 9.58. The molecule has 0 amide bonds. The zero-order valence-corrected chi connectivity index (χ0v) is 17.9. The molecule has 0 spiro atoms. The first-order valence-corrected chi connectivity index (χ1v) is 8.37. The molecular formula is C16H31IN6O. The van der Waals surface area contributed by atoms with Crippen LogP contribution in [0, 0.1) is 12.3 Å². The molecule has 0 radical (unpaired) electrons. The Labute approximate surface area is 162 Å². The molecule has 138 valence electrons. The lowest BCUT2D eigenvalue weighted by Gasteiger charge is -2.55. The third-order valence-electron chi connectivity index (χ3n) is 5.52. The number of methoxy groups -OCH3 is 1. The van der Waals surface area contributed by atoms with Crippen molar-refractivity contribution < 1.29 is 4.74 Å². The number of aryl methyl sites for hydroxylation is 1. The first-order valence-electron chi connectivity index (χ1n) is 8.37. The highest BCUT2D eigenvalue weighted by atomic mass is 127. The monoisotopic (exact) mass is 450 g/mol. The molecule has 1 aromatic heterocycles. The number of aliphatic imine (C=N–C) groups is 1. The summed E-state index contributed by atoms with van der Waals surface area (Å²) in [6.07, 6.45) is 3.54. The number of hydrogen-bond donors (Lipinski definition) is 2. The van der Waals surface area contributed by atoms with Crippen molar-refractivity contribution in [3.8, 4) is 0 Å². The summed E-state index contributed by atoms with van der Waals surface area (Å²) in [5.41, 5.74) is 0.188. The Balaban J connectivity index is 0.00000288. The predicted octanol–water partition coefficient (Wildman–Crippen LogP) is 2.00. The van der Waals surface area contributed by atoms with E-state index in [0.29, 0.717) is 18.7 Å². The first kappa shape index (κ1) is 21.1. The minimum absolute atomic E-state index is 0. The normalized spacial score (nSPS) is 22.5. The fourth-order valence-electron chi connectivity index (χ4n) is 3.61. The molecule has 1 saturated carbocycles. The zero-order valence-electron chi connectivity index (χ0n) is 15.6. The third kappa shape index (κ3) is 3.84. The predicted molar refractivity (Wildman–Crippen MR) is 107 cm³/mol. The topological polar surface area (TPSA) is 76.4 Å². The van der Waals surface area contributed by atoms with Gasteiger partial charge in [0.2, 0.25) is 0 Å². The van der Waals surface area contributed by atoms with Crippen LogP contribution in [0.4, 0.5) is 0 Å². The van der Waals surface area contributed by atoms with E-state index in [0.717, 1.165) is 36.9 Å². The van der Waals surface area contributed by atoms with E-state index in [1.807, 2.05) is 25.6 Å². The largest absolute Gasteiger partial charge is 0.381 e. The smallest absolute Gasteiger partial charge is 0.191 e. The van der Waals surface area contributed by atoms with Gasteiger partial charge in [0.05, 0.1) is 12.6 Å². The van der Waals surface area contributed by atoms with Crippen molar-refractivity contribution in [2.24, 2.45) is 17.5 Å². The molecule has 8 heteroatoms. The summed E-state index contributed by atoms with van der Waals surface area (Å²) in [6.45, 7) is 7.02. The van der Waals surface area contributed by atoms with Crippen LogP contribution in [0.1, 0.15) is 44.8 Å². The number of hydrogen-bond acceptors (Lipinski definition) is 4. The Hall–Kier alpha value is -0.900. The average molecular weight is 450 g/mol. The number of aromatic nitrogens is 3. The molecule has 2 atom stereocenters. The Morgan fingerprint density at radius 3 is 2.50 bits per heavy atom. The highest BCUT2D eigenvalue weighted by Crippen LogP contribution is 2.48. The average Bonchev–Trinajstić information content (AvgIpc) is 2.87. The van der Waals surface area contributed by atoms with Crippen LogP contribution in [0.5, 0.6) is 0 Å². The van der Waals surface area contributed by atoms with Crippen molar-refractivity contribution in [3.63, 3.8) is 0 Å². The molecule has 0 aromatic carbocycles. The maximum Gasteiger partial charge on any atom is 0.191 e. The summed E-state index contributed by atoms with van der Waals surface area (Å²) in [6, 6.07) is 0.384. The van der Waals surface area contributed by atoms with Gasteiger partial charge in [-0.1, -0.05) is 13.8 Å². The van der Waals surface area contributed by atoms with E-state index in [2.05, 4.69) is 39.7 Å². The van der Waals surface area contributed by atoms with E-state index < -0.39 is 0 Å². The van der Waals surface area contributed by atoms with Crippen molar-refractivity contribution in [1.82, 2.24) is 25.4 Å².